The van der Waals surface area contributed by atoms with Crippen molar-refractivity contribution >= 4 is 17.7 Å². The number of methoxy groups -OCH3 is 5. The molecule has 2 aliphatic heterocycles. The number of ether oxygens (including phenoxy) is 5. The van der Waals surface area contributed by atoms with Gasteiger partial charge < -0.3 is 54.3 Å². The molecule has 7 N–H and O–H groups in total. The first kappa shape index (κ1) is 46.5. The second kappa shape index (κ2) is 20.9. The predicted octanol–water partition coefficient (Wildman–Crippen LogP) is 4.63. The van der Waals surface area contributed by atoms with Crippen LogP contribution in [-0.4, -0.2) is 149 Å². The number of rotatable bonds is 19. The maximum Gasteiger partial charge on any atom is 0.407 e. The van der Waals surface area contributed by atoms with Crippen molar-refractivity contribution in [1.29, 1.82) is 0 Å². The number of likely N-dealkylation sites (tertiary alicyclic amines) is 2. The summed E-state index contributed by atoms with van der Waals surface area (Å²) < 4.78 is 26.4. The van der Waals surface area contributed by atoms with Crippen LogP contribution >= 0.6 is 11.6 Å². The van der Waals surface area contributed by atoms with E-state index in [0.29, 0.717) is 36.2 Å². The van der Waals surface area contributed by atoms with Gasteiger partial charge in [0.1, 0.15) is 24.1 Å². The summed E-state index contributed by atoms with van der Waals surface area (Å²) >= 11 is 6.79. The highest BCUT2D eigenvalue weighted by molar-refractivity contribution is 6.31. The summed E-state index contributed by atoms with van der Waals surface area (Å²) in [7, 11) is 7.40. The van der Waals surface area contributed by atoms with Gasteiger partial charge >= 0.3 is 6.09 Å². The lowest BCUT2D eigenvalue weighted by Crippen LogP contribution is -2.58. The predicted molar refractivity (Wildman–Crippen MR) is 229 cm³/mol. The topological polar surface area (TPSA) is 212 Å². The molecule has 2 aromatic carbocycles. The van der Waals surface area contributed by atoms with Crippen molar-refractivity contribution in [2.45, 2.75) is 101 Å². The lowest BCUT2D eigenvalue weighted by Gasteiger charge is -2.38. The van der Waals surface area contributed by atoms with Crippen molar-refractivity contribution in [1.82, 2.24) is 40.4 Å². The highest BCUT2D eigenvalue weighted by Crippen LogP contribution is 2.40. The molecule has 17 nitrogen and oxygen atoms in total. The Morgan fingerprint density at radius 1 is 0.836 bits per heavy atom. The molecule has 61 heavy (non-hydrogen) atoms. The zero-order valence-electron chi connectivity index (χ0n) is 36.0. The van der Waals surface area contributed by atoms with Gasteiger partial charge in [0, 0.05) is 46.6 Å². The van der Waals surface area contributed by atoms with Crippen LogP contribution in [0.25, 0.3) is 33.6 Å². The summed E-state index contributed by atoms with van der Waals surface area (Å²) in [5.74, 6) is 1.46. The third-order valence-corrected chi connectivity index (χ3v) is 12.5. The second-order valence-corrected chi connectivity index (χ2v) is 16.3. The van der Waals surface area contributed by atoms with Crippen LogP contribution in [0.15, 0.2) is 54.7 Å². The maximum atomic E-state index is 12.1. The molecule has 18 heteroatoms. The Morgan fingerprint density at radius 3 is 2.07 bits per heavy atom. The van der Waals surface area contributed by atoms with Crippen LogP contribution in [0.5, 0.6) is 0 Å². The normalized spacial score (nSPS) is 23.3. The van der Waals surface area contributed by atoms with Gasteiger partial charge in [0.2, 0.25) is 6.41 Å². The molecule has 2 aliphatic rings. The van der Waals surface area contributed by atoms with Crippen LogP contribution in [0.1, 0.15) is 63.8 Å². The minimum atomic E-state index is -1.30. The molecule has 4 aromatic rings. The molecule has 0 bridgehead atoms. The fourth-order valence-corrected chi connectivity index (χ4v) is 8.90. The average Bonchev–Trinajstić information content (AvgIpc) is 4.10. The summed E-state index contributed by atoms with van der Waals surface area (Å²) in [4.78, 5) is 32.5. The van der Waals surface area contributed by atoms with E-state index >= 15 is 0 Å². The molecular formula is C43H61ClN8O9. The van der Waals surface area contributed by atoms with E-state index in [1.807, 2.05) is 53.1 Å². The van der Waals surface area contributed by atoms with Gasteiger partial charge in [-0.3, -0.25) is 15.1 Å². The van der Waals surface area contributed by atoms with E-state index in [4.69, 9.17) is 45.3 Å². The van der Waals surface area contributed by atoms with Gasteiger partial charge in [0.15, 0.2) is 5.15 Å². The third-order valence-electron chi connectivity index (χ3n) is 12.2. The molecule has 3 unspecified atom stereocenters. The van der Waals surface area contributed by atoms with E-state index in [9.17, 15) is 20.1 Å². The Balaban J connectivity index is 1.16. The van der Waals surface area contributed by atoms with Crippen LogP contribution in [0, 0.1) is 5.92 Å². The van der Waals surface area contributed by atoms with Crippen LogP contribution < -0.4 is 10.6 Å². The van der Waals surface area contributed by atoms with Crippen molar-refractivity contribution in [2.24, 2.45) is 5.92 Å². The summed E-state index contributed by atoms with van der Waals surface area (Å²) in [5, 5.41) is 39.5. The number of alkyl carbamates (subject to hydrolysis) is 1. The third kappa shape index (κ3) is 10.5. The molecule has 2 fully saturated rings. The Hall–Kier alpha value is -3.98. The highest BCUT2D eigenvalue weighted by Gasteiger charge is 2.44. The summed E-state index contributed by atoms with van der Waals surface area (Å²) in [5.41, 5.74) is 5.36. The number of carbonyl (C=O) groups is 1. The lowest BCUT2D eigenvalue weighted by molar-refractivity contribution is -0.144. The second-order valence-electron chi connectivity index (χ2n) is 15.9. The van der Waals surface area contributed by atoms with E-state index in [0.717, 1.165) is 46.6 Å². The van der Waals surface area contributed by atoms with Gasteiger partial charge in [0.25, 0.3) is 0 Å². The lowest BCUT2D eigenvalue weighted by atomic mass is 10.0. The number of aliphatic hydroxyl groups is 3. The number of benzene rings is 2. The van der Waals surface area contributed by atoms with Gasteiger partial charge in [-0.1, -0.05) is 60.1 Å². The SMILES string of the molecule is COC[C@H]1C[C@@H](c2nc(Cl)c(-c3ccc(-c4ccc(-c5cnc([C@@H]6CC[C@H](C)N6C(O)[C@@H](NC(=O)OC)[C@@H](C)OC)[nH]5)cc4)cc3)[nH]2)N(C(O)[C@@H](NC(O)OC)[C@@H](C)OC)C1. The molecule has 1 amide bonds. The smallest absolute Gasteiger partial charge is 0.407 e. The van der Waals surface area contributed by atoms with E-state index < -0.39 is 49.3 Å². The summed E-state index contributed by atoms with van der Waals surface area (Å²) in [6, 6.07) is 14.4. The minimum absolute atomic E-state index is 0.0335. The fraction of sp³-hybridized carbons (Fsp3) is 0.558. The molecule has 0 aliphatic carbocycles. The largest absolute Gasteiger partial charge is 0.453 e. The van der Waals surface area contributed by atoms with E-state index in [1.54, 1.807) is 27.3 Å². The molecule has 2 aromatic heterocycles. The van der Waals surface area contributed by atoms with E-state index in [1.165, 1.54) is 21.3 Å². The Kier molecular flexibility index (Phi) is 16.0. The molecule has 11 atom stereocenters. The minimum Gasteiger partial charge on any atom is -0.453 e. The number of aliphatic hydroxyl groups excluding tert-OH is 3. The average molecular weight is 869 g/mol. The molecule has 334 valence electrons. The fourth-order valence-electron chi connectivity index (χ4n) is 8.65. The van der Waals surface area contributed by atoms with Crippen LogP contribution in [0.3, 0.4) is 0 Å². The number of amides is 1. The first-order valence-electron chi connectivity index (χ1n) is 20.6. The quantitative estimate of drug-likeness (QED) is 0.0641. The van der Waals surface area contributed by atoms with Crippen molar-refractivity contribution in [2.75, 3.05) is 48.7 Å². The molecule has 4 heterocycles. The van der Waals surface area contributed by atoms with Gasteiger partial charge in [-0.15, -0.1) is 0 Å². The number of nitrogens with one attached hydrogen (secondary N) is 4. The Morgan fingerprint density at radius 2 is 1.46 bits per heavy atom. The number of imidazole rings is 2. The Labute approximate surface area is 362 Å². The molecule has 0 saturated carbocycles. The molecular weight excluding hydrogens is 808 g/mol. The Bertz CT molecular complexity index is 2000. The number of H-pyrrole nitrogens is 2. The van der Waals surface area contributed by atoms with Gasteiger partial charge in [-0.05, 0) is 62.6 Å². The van der Waals surface area contributed by atoms with Crippen LogP contribution in [0.2, 0.25) is 5.15 Å². The van der Waals surface area contributed by atoms with Crippen LogP contribution in [0.4, 0.5) is 4.79 Å². The first-order valence-corrected chi connectivity index (χ1v) is 21.0. The van der Waals surface area contributed by atoms with Gasteiger partial charge in [-0.25, -0.2) is 14.8 Å². The van der Waals surface area contributed by atoms with E-state index in [2.05, 4.69) is 39.7 Å². The standard InChI is InChI=1S/C43H61ClN8O9/c1-23-9-18-32(52(23)41(54)35(25(3)59-6)49-43(56)61-8)38-45-20-31(46-38)29-14-10-27(11-15-29)28-12-16-30(17-13-28)36-37(44)50-39(47-36)33-19-26(22-57-4)21-51(33)40(53)34(24(2)58-5)48-42(55)60-7/h10-17,20,23-26,32-35,40-42,48,53-55H,9,18-19,21-22H2,1-8H3,(H,45,46)(H,47,50)(H,49,56)/t23-,24+,25+,26-,32-,33-,34-,35-,40?,41?,42?/m0/s1. The number of aromatic amines is 2. The van der Waals surface area contributed by atoms with E-state index in [-0.39, 0.29) is 24.0 Å². The van der Waals surface area contributed by atoms with Crippen molar-refractivity contribution in [3.8, 4) is 33.6 Å². The first-order chi connectivity index (χ1) is 29.3. The molecule has 2 saturated heterocycles. The summed E-state index contributed by atoms with van der Waals surface area (Å²) in [6.45, 7) is 6.68. The summed E-state index contributed by atoms with van der Waals surface area (Å²) in [6.07, 6.45) is -0.897. The number of hydrogen-bond acceptors (Lipinski definition) is 14. The number of aromatic nitrogens is 4. The van der Waals surface area contributed by atoms with Gasteiger partial charge in [0.05, 0.1) is 67.7 Å². The molecule has 0 spiro atoms. The monoisotopic (exact) mass is 868 g/mol. The van der Waals surface area contributed by atoms with Gasteiger partial charge in [-0.2, -0.15) is 0 Å². The molecule has 0 radical (unpaired) electrons. The van der Waals surface area contributed by atoms with Crippen molar-refractivity contribution in [3.05, 3.63) is 71.5 Å². The maximum absolute atomic E-state index is 12.1. The number of hydrogen-bond donors (Lipinski definition) is 7. The van der Waals surface area contributed by atoms with Crippen LogP contribution in [-0.2, 0) is 23.7 Å². The zero-order valence-corrected chi connectivity index (χ0v) is 36.8. The zero-order chi connectivity index (χ0) is 44.0. The number of halogens is 1. The van der Waals surface area contributed by atoms with Crippen molar-refractivity contribution < 1.29 is 43.8 Å². The molecule has 6 rings (SSSR count). The number of carbonyl (C=O) groups excluding carboxylic acids is 1. The van der Waals surface area contributed by atoms with Crippen molar-refractivity contribution in [3.63, 3.8) is 0 Å². The number of nitrogens with zero attached hydrogens (tertiary/aromatic N) is 4. The highest BCUT2D eigenvalue weighted by atomic mass is 35.5.